The van der Waals surface area contributed by atoms with Crippen molar-refractivity contribution in [3.05, 3.63) is 12.7 Å². The minimum absolute atomic E-state index is 0.282. The Kier molecular flexibility index (Phi) is 7.11. The van der Waals surface area contributed by atoms with Gasteiger partial charge in [0.05, 0.1) is 0 Å². The van der Waals surface area contributed by atoms with E-state index in [1.165, 1.54) is 25.7 Å². The molecule has 12 heavy (non-hydrogen) atoms. The van der Waals surface area contributed by atoms with Gasteiger partial charge < -0.3 is 0 Å². The summed E-state index contributed by atoms with van der Waals surface area (Å²) in [4.78, 5) is 0. The van der Waals surface area contributed by atoms with Crippen LogP contribution < -0.4 is 11.3 Å². The first-order valence-corrected chi connectivity index (χ1v) is 4.88. The molecule has 2 nitrogen and oxygen atoms in total. The van der Waals surface area contributed by atoms with Crippen LogP contribution in [0.3, 0.4) is 0 Å². The fourth-order valence-corrected chi connectivity index (χ4v) is 1.64. The van der Waals surface area contributed by atoms with Crippen LogP contribution in [0.4, 0.5) is 0 Å². The predicted molar refractivity (Wildman–Crippen MR) is 54.6 cm³/mol. The summed E-state index contributed by atoms with van der Waals surface area (Å²) in [5.41, 5.74) is 2.80. The summed E-state index contributed by atoms with van der Waals surface area (Å²) in [6.45, 7) is 8.19. The Hall–Kier alpha value is -0.340. The lowest BCUT2D eigenvalue weighted by Gasteiger charge is -2.22. The second-order valence-corrected chi connectivity index (χ2v) is 3.27. The van der Waals surface area contributed by atoms with Crippen molar-refractivity contribution in [3.8, 4) is 0 Å². The van der Waals surface area contributed by atoms with Crippen LogP contribution in [0.15, 0.2) is 12.7 Å². The highest BCUT2D eigenvalue weighted by molar-refractivity contribution is 4.89. The molecule has 0 aromatic carbocycles. The maximum atomic E-state index is 5.42. The van der Waals surface area contributed by atoms with Gasteiger partial charge in [0.25, 0.3) is 0 Å². The van der Waals surface area contributed by atoms with Gasteiger partial charge in [0.1, 0.15) is 0 Å². The zero-order valence-corrected chi connectivity index (χ0v) is 8.34. The van der Waals surface area contributed by atoms with Gasteiger partial charge in [0.2, 0.25) is 0 Å². The number of nitrogens with one attached hydrogen (secondary N) is 1. The highest BCUT2D eigenvalue weighted by Crippen LogP contribution is 2.17. The Balaban J connectivity index is 3.94. The molecule has 0 spiro atoms. The Morgan fingerprint density at radius 2 is 1.83 bits per heavy atom. The Bertz CT molecular complexity index is 106. The summed E-state index contributed by atoms with van der Waals surface area (Å²) in [5, 5.41) is 0. The van der Waals surface area contributed by atoms with E-state index < -0.39 is 0 Å². The lowest BCUT2D eigenvalue weighted by molar-refractivity contribution is 0.357. The van der Waals surface area contributed by atoms with Crippen molar-refractivity contribution in [2.75, 3.05) is 0 Å². The molecule has 0 saturated carbocycles. The van der Waals surface area contributed by atoms with Gasteiger partial charge in [-0.15, -0.1) is 6.58 Å². The molecule has 0 aliphatic rings. The van der Waals surface area contributed by atoms with Crippen LogP contribution >= 0.6 is 0 Å². The number of rotatable bonds is 7. The summed E-state index contributed by atoms with van der Waals surface area (Å²) >= 11 is 0. The van der Waals surface area contributed by atoms with Crippen LogP contribution in [-0.2, 0) is 0 Å². The number of hydrazine groups is 1. The van der Waals surface area contributed by atoms with E-state index in [4.69, 9.17) is 5.84 Å². The smallest absolute Gasteiger partial charge is 0.0416 e. The molecule has 0 saturated heterocycles. The normalized spacial score (nSPS) is 13.3. The lowest BCUT2D eigenvalue weighted by atomic mass is 9.91. The van der Waals surface area contributed by atoms with Crippen LogP contribution in [0.1, 0.15) is 39.5 Å². The second-order valence-electron chi connectivity index (χ2n) is 3.27. The van der Waals surface area contributed by atoms with Crippen LogP contribution in [-0.4, -0.2) is 6.04 Å². The standard InChI is InChI=1S/C10H22N2/c1-4-7-9(8-5-2)10(6-3)12-11/h6,9-10,12H,3-5,7-8,11H2,1-2H3. The SMILES string of the molecule is C=CC(NN)C(CCC)CCC. The largest absolute Gasteiger partial charge is 0.271 e. The summed E-state index contributed by atoms with van der Waals surface area (Å²) in [6, 6.07) is 0.282. The average Bonchev–Trinajstić information content (AvgIpc) is 2.07. The van der Waals surface area contributed by atoms with Gasteiger partial charge in [-0.25, -0.2) is 0 Å². The zero-order chi connectivity index (χ0) is 9.40. The van der Waals surface area contributed by atoms with Crippen molar-refractivity contribution in [1.82, 2.24) is 5.43 Å². The molecule has 0 fully saturated rings. The van der Waals surface area contributed by atoms with Crippen molar-refractivity contribution in [2.45, 2.75) is 45.6 Å². The molecule has 0 aromatic rings. The van der Waals surface area contributed by atoms with Crippen molar-refractivity contribution in [3.63, 3.8) is 0 Å². The molecule has 0 aliphatic heterocycles. The molecule has 0 bridgehead atoms. The van der Waals surface area contributed by atoms with Gasteiger partial charge in [-0.2, -0.15) is 0 Å². The fraction of sp³-hybridized carbons (Fsp3) is 0.800. The van der Waals surface area contributed by atoms with E-state index in [-0.39, 0.29) is 6.04 Å². The topological polar surface area (TPSA) is 38.0 Å². The molecule has 3 N–H and O–H groups in total. The minimum atomic E-state index is 0.282. The third-order valence-electron chi connectivity index (χ3n) is 2.27. The van der Waals surface area contributed by atoms with Crippen LogP contribution in [0.2, 0.25) is 0 Å². The molecule has 0 heterocycles. The van der Waals surface area contributed by atoms with E-state index in [1.54, 1.807) is 0 Å². The Morgan fingerprint density at radius 3 is 2.08 bits per heavy atom. The molecule has 0 rings (SSSR count). The fourth-order valence-electron chi connectivity index (χ4n) is 1.64. The maximum absolute atomic E-state index is 5.42. The second kappa shape index (κ2) is 7.32. The van der Waals surface area contributed by atoms with Gasteiger partial charge in [-0.3, -0.25) is 11.3 Å². The van der Waals surface area contributed by atoms with Crippen LogP contribution in [0.5, 0.6) is 0 Å². The van der Waals surface area contributed by atoms with Gasteiger partial charge in [0, 0.05) is 6.04 Å². The minimum Gasteiger partial charge on any atom is -0.271 e. The van der Waals surface area contributed by atoms with E-state index in [2.05, 4.69) is 25.9 Å². The first-order chi connectivity index (χ1) is 5.79. The van der Waals surface area contributed by atoms with Crippen LogP contribution in [0.25, 0.3) is 0 Å². The zero-order valence-electron chi connectivity index (χ0n) is 8.34. The van der Waals surface area contributed by atoms with Crippen molar-refractivity contribution in [2.24, 2.45) is 11.8 Å². The molecule has 2 heteroatoms. The van der Waals surface area contributed by atoms with Gasteiger partial charge >= 0.3 is 0 Å². The number of hydrogen-bond acceptors (Lipinski definition) is 2. The highest BCUT2D eigenvalue weighted by Gasteiger charge is 2.14. The molecular weight excluding hydrogens is 148 g/mol. The highest BCUT2D eigenvalue weighted by atomic mass is 15.2. The van der Waals surface area contributed by atoms with E-state index in [0.717, 1.165) is 0 Å². The summed E-state index contributed by atoms with van der Waals surface area (Å²) in [5.74, 6) is 6.08. The van der Waals surface area contributed by atoms with E-state index in [1.807, 2.05) is 6.08 Å². The van der Waals surface area contributed by atoms with Gasteiger partial charge in [-0.1, -0.05) is 32.8 Å². The molecule has 72 valence electrons. The monoisotopic (exact) mass is 170 g/mol. The van der Waals surface area contributed by atoms with E-state index in [0.29, 0.717) is 5.92 Å². The third kappa shape index (κ3) is 3.88. The first kappa shape index (κ1) is 11.7. The Morgan fingerprint density at radius 1 is 1.33 bits per heavy atom. The first-order valence-electron chi connectivity index (χ1n) is 4.88. The van der Waals surface area contributed by atoms with Crippen molar-refractivity contribution >= 4 is 0 Å². The summed E-state index contributed by atoms with van der Waals surface area (Å²) in [7, 11) is 0. The average molecular weight is 170 g/mol. The molecule has 0 amide bonds. The number of hydrogen-bond donors (Lipinski definition) is 2. The maximum Gasteiger partial charge on any atom is 0.0416 e. The molecule has 1 unspecified atom stereocenters. The summed E-state index contributed by atoms with van der Waals surface area (Å²) in [6.07, 6.45) is 6.81. The van der Waals surface area contributed by atoms with Gasteiger partial charge in [-0.05, 0) is 18.8 Å². The van der Waals surface area contributed by atoms with E-state index in [9.17, 15) is 0 Å². The van der Waals surface area contributed by atoms with E-state index >= 15 is 0 Å². The molecule has 1 atom stereocenters. The summed E-state index contributed by atoms with van der Waals surface area (Å²) < 4.78 is 0. The lowest BCUT2D eigenvalue weighted by Crippen LogP contribution is -2.39. The Labute approximate surface area is 76.2 Å². The van der Waals surface area contributed by atoms with Crippen molar-refractivity contribution < 1.29 is 0 Å². The molecule has 0 aliphatic carbocycles. The van der Waals surface area contributed by atoms with Crippen molar-refractivity contribution in [1.29, 1.82) is 0 Å². The number of nitrogens with two attached hydrogens (primary N) is 1. The third-order valence-corrected chi connectivity index (χ3v) is 2.27. The molecule has 0 radical (unpaired) electrons. The van der Waals surface area contributed by atoms with Gasteiger partial charge in [0.15, 0.2) is 0 Å². The predicted octanol–water partition coefficient (Wildman–Crippen LogP) is 2.22. The van der Waals surface area contributed by atoms with Crippen LogP contribution in [0, 0.1) is 5.92 Å². The quantitative estimate of drug-likeness (QED) is 0.349. The molecular formula is C10H22N2. The molecule has 0 aromatic heterocycles.